The van der Waals surface area contributed by atoms with Crippen LogP contribution in [0.1, 0.15) is 0 Å². The van der Waals surface area contributed by atoms with Crippen LogP contribution in [0.2, 0.25) is 0 Å². The van der Waals surface area contributed by atoms with Gasteiger partial charge in [-0.25, -0.2) is 0 Å². The molecule has 0 heterocycles. The standard InChI is InChI=1S/Al.2ClH.Li.2H2O/h;2*1H;;2*1H2/q+3;;;+1;;/p-4. The molecule has 0 radical (unpaired) electrons. The summed E-state index contributed by atoms with van der Waals surface area (Å²) in [6, 6.07) is 0. The monoisotopic (exact) mass is 138 g/mol. The van der Waals surface area contributed by atoms with Gasteiger partial charge in [0.15, 0.2) is 0 Å². The van der Waals surface area contributed by atoms with Gasteiger partial charge in [0, 0.05) is 0 Å². The number of halogens is 2. The van der Waals surface area contributed by atoms with Crippen molar-refractivity contribution in [1.29, 1.82) is 0 Å². The third-order valence-corrected chi connectivity index (χ3v) is 0. The van der Waals surface area contributed by atoms with Gasteiger partial charge in [-0.2, -0.15) is 0 Å². The smallest absolute Gasteiger partial charge is 1.00 e. The largest absolute Gasteiger partial charge is 3.00 e. The molecule has 0 unspecified atom stereocenters. The molecule has 0 fully saturated rings. The predicted octanol–water partition coefficient (Wildman–Crippen LogP) is -9.72. The van der Waals surface area contributed by atoms with E-state index in [-0.39, 0.29) is 72.0 Å². The fourth-order valence-electron chi connectivity index (χ4n) is 0. The van der Waals surface area contributed by atoms with Crippen LogP contribution in [0.5, 0.6) is 0 Å². The summed E-state index contributed by atoms with van der Waals surface area (Å²) in [6.07, 6.45) is 0. The van der Waals surface area contributed by atoms with Crippen LogP contribution in [-0.4, -0.2) is 28.3 Å². The topological polar surface area (TPSA) is 60.0 Å². The summed E-state index contributed by atoms with van der Waals surface area (Å²) in [4.78, 5) is 0. The molecule has 32 valence electrons. The zero-order valence-electron chi connectivity index (χ0n) is 3.23. The van der Waals surface area contributed by atoms with E-state index >= 15 is 0 Å². The summed E-state index contributed by atoms with van der Waals surface area (Å²) in [6.45, 7) is 0. The average molecular weight is 139 g/mol. The van der Waals surface area contributed by atoms with Crippen molar-refractivity contribution in [2.24, 2.45) is 0 Å². The Morgan fingerprint density at radius 2 is 0.667 bits per heavy atom. The number of hydrogen-bond donors (Lipinski definition) is 0. The molecule has 0 aliphatic rings. The second-order valence-electron chi connectivity index (χ2n) is 0. The summed E-state index contributed by atoms with van der Waals surface area (Å²) >= 11 is 0. The normalized spacial score (nSPS) is 0. The molecule has 0 aromatic rings. The maximum atomic E-state index is 0. The molecule has 6 heteroatoms. The Morgan fingerprint density at radius 3 is 0.667 bits per heavy atom. The van der Waals surface area contributed by atoms with Gasteiger partial charge in [0.05, 0.1) is 0 Å². The molecule has 0 saturated carbocycles. The summed E-state index contributed by atoms with van der Waals surface area (Å²) in [5, 5.41) is 0. The SMILES string of the molecule is [Al+3].[Cl-].[Cl-].[Li+].[OH-].[OH-]. The van der Waals surface area contributed by atoms with Gasteiger partial charge >= 0.3 is 36.2 Å². The number of rotatable bonds is 0. The van der Waals surface area contributed by atoms with E-state index in [9.17, 15) is 0 Å². The Bertz CT molecular complexity index is 11.5. The summed E-state index contributed by atoms with van der Waals surface area (Å²) in [7, 11) is 0. The van der Waals surface area contributed by atoms with Gasteiger partial charge in [-0.05, 0) is 0 Å². The molecular weight excluding hydrogens is 137 g/mol. The van der Waals surface area contributed by atoms with Gasteiger partial charge in [0.25, 0.3) is 0 Å². The molecular formula is H2AlCl2LiO2. The van der Waals surface area contributed by atoms with Crippen molar-refractivity contribution in [3.63, 3.8) is 0 Å². The first-order valence-corrected chi connectivity index (χ1v) is 0. The molecule has 0 amide bonds. The Labute approximate surface area is 71.8 Å². The quantitative estimate of drug-likeness (QED) is 0.313. The summed E-state index contributed by atoms with van der Waals surface area (Å²) < 4.78 is 0. The minimum atomic E-state index is 0. The molecule has 0 aliphatic carbocycles. The average Bonchev–Trinajstić information content (AvgIpc) is 0. The van der Waals surface area contributed by atoms with Gasteiger partial charge in [0.2, 0.25) is 0 Å². The Hall–Kier alpha value is 1.63. The van der Waals surface area contributed by atoms with Crippen LogP contribution in [-0.2, 0) is 0 Å². The molecule has 2 N–H and O–H groups in total. The first-order chi connectivity index (χ1) is 0. The van der Waals surface area contributed by atoms with Crippen molar-refractivity contribution < 1.29 is 54.6 Å². The summed E-state index contributed by atoms with van der Waals surface area (Å²) in [5.74, 6) is 0. The van der Waals surface area contributed by atoms with Crippen LogP contribution in [0.15, 0.2) is 0 Å². The van der Waals surface area contributed by atoms with Crippen LogP contribution < -0.4 is 43.7 Å². The third kappa shape index (κ3) is 45.4. The first-order valence-electron chi connectivity index (χ1n) is 0. The van der Waals surface area contributed by atoms with Crippen LogP contribution in [0.3, 0.4) is 0 Å². The second-order valence-corrected chi connectivity index (χ2v) is 0. The fourth-order valence-corrected chi connectivity index (χ4v) is 0. The van der Waals surface area contributed by atoms with E-state index in [1.54, 1.807) is 0 Å². The third-order valence-electron chi connectivity index (χ3n) is 0. The summed E-state index contributed by atoms with van der Waals surface area (Å²) in [5.41, 5.74) is 0. The molecule has 0 rings (SSSR count). The molecule has 0 bridgehead atoms. The minimum absolute atomic E-state index is 0. The van der Waals surface area contributed by atoms with E-state index in [4.69, 9.17) is 0 Å². The zero-order valence-corrected chi connectivity index (χ0v) is 5.89. The van der Waals surface area contributed by atoms with E-state index in [0.29, 0.717) is 0 Å². The molecule has 2 nitrogen and oxygen atoms in total. The molecule has 0 atom stereocenters. The van der Waals surface area contributed by atoms with Crippen molar-refractivity contribution in [1.82, 2.24) is 0 Å². The minimum Gasteiger partial charge on any atom is -1.00 e. The predicted molar refractivity (Wildman–Crippen MR) is 9.63 cm³/mol. The molecule has 0 aliphatic heterocycles. The van der Waals surface area contributed by atoms with Gasteiger partial charge in [-0.3, -0.25) is 0 Å². The van der Waals surface area contributed by atoms with Crippen LogP contribution in [0, 0.1) is 0 Å². The van der Waals surface area contributed by atoms with E-state index in [2.05, 4.69) is 0 Å². The zero-order chi connectivity index (χ0) is 0. The molecule has 0 aromatic heterocycles. The van der Waals surface area contributed by atoms with Gasteiger partial charge < -0.3 is 35.8 Å². The molecule has 0 spiro atoms. The molecule has 0 aromatic carbocycles. The van der Waals surface area contributed by atoms with Gasteiger partial charge in [0.1, 0.15) is 0 Å². The Balaban J connectivity index is 0. The van der Waals surface area contributed by atoms with Crippen LogP contribution in [0.25, 0.3) is 0 Å². The van der Waals surface area contributed by atoms with E-state index < -0.39 is 0 Å². The van der Waals surface area contributed by atoms with Crippen LogP contribution in [0.4, 0.5) is 0 Å². The second kappa shape index (κ2) is 79.1. The first kappa shape index (κ1) is 126. The van der Waals surface area contributed by atoms with Crippen molar-refractivity contribution in [3.05, 3.63) is 0 Å². The van der Waals surface area contributed by atoms with E-state index in [1.165, 1.54) is 0 Å². The number of hydrogen-bond acceptors (Lipinski definition) is 2. The van der Waals surface area contributed by atoms with Crippen molar-refractivity contribution in [2.75, 3.05) is 0 Å². The fraction of sp³-hybridized carbons (Fsp3) is 0. The Morgan fingerprint density at radius 1 is 0.667 bits per heavy atom. The van der Waals surface area contributed by atoms with E-state index in [0.717, 1.165) is 0 Å². The Kier molecular flexibility index (Phi) is 1660. The van der Waals surface area contributed by atoms with Crippen molar-refractivity contribution in [2.45, 2.75) is 0 Å². The van der Waals surface area contributed by atoms with E-state index in [1.807, 2.05) is 0 Å². The van der Waals surface area contributed by atoms with Crippen molar-refractivity contribution in [3.8, 4) is 0 Å². The van der Waals surface area contributed by atoms with Crippen molar-refractivity contribution >= 4 is 17.4 Å². The molecule has 6 heavy (non-hydrogen) atoms. The maximum absolute atomic E-state index is 0. The van der Waals surface area contributed by atoms with Gasteiger partial charge in [-0.1, -0.05) is 0 Å². The maximum Gasteiger partial charge on any atom is 3.00 e. The van der Waals surface area contributed by atoms with Gasteiger partial charge in [-0.15, -0.1) is 0 Å². The molecule has 0 saturated heterocycles. The van der Waals surface area contributed by atoms with Crippen LogP contribution >= 0.6 is 0 Å².